The second-order valence-electron chi connectivity index (χ2n) is 4.34. The summed E-state index contributed by atoms with van der Waals surface area (Å²) in [5.41, 5.74) is 5.86. The molecule has 0 aliphatic carbocycles. The van der Waals surface area contributed by atoms with Crippen LogP contribution < -0.4 is 5.73 Å². The average molecular weight is 291 g/mol. The quantitative estimate of drug-likeness (QED) is 0.798. The minimum Gasteiger partial charge on any atom is -0.398 e. The van der Waals surface area contributed by atoms with Gasteiger partial charge in [-0.25, -0.2) is 8.42 Å². The van der Waals surface area contributed by atoms with Gasteiger partial charge >= 0.3 is 0 Å². The maximum absolute atomic E-state index is 12.4. The fraction of sp³-hybridized carbons (Fsp3) is 0.455. The maximum atomic E-state index is 12.4. The summed E-state index contributed by atoms with van der Waals surface area (Å²) in [6.07, 6.45) is 0.645. The first kappa shape index (κ1) is 13.6. The molecular weight excluding hydrogens is 276 g/mol. The van der Waals surface area contributed by atoms with Crippen molar-refractivity contribution in [3.8, 4) is 0 Å². The molecule has 3 N–H and O–H groups in total. The molecule has 0 radical (unpaired) electrons. The first-order valence-corrected chi connectivity index (χ1v) is 7.46. The van der Waals surface area contributed by atoms with Gasteiger partial charge in [0.15, 0.2) is 0 Å². The summed E-state index contributed by atoms with van der Waals surface area (Å²) in [6.45, 7) is 0.500. The van der Waals surface area contributed by atoms with Crippen LogP contribution in [-0.4, -0.2) is 37.0 Å². The van der Waals surface area contributed by atoms with Crippen LogP contribution in [0.25, 0.3) is 0 Å². The third-order valence-corrected chi connectivity index (χ3v) is 5.11. The average Bonchev–Trinajstić information content (AvgIpc) is 2.32. The Labute approximate surface area is 111 Å². The second-order valence-corrected chi connectivity index (χ2v) is 6.68. The van der Waals surface area contributed by atoms with Gasteiger partial charge < -0.3 is 10.8 Å². The summed E-state index contributed by atoms with van der Waals surface area (Å²) >= 11 is 5.80. The molecule has 0 spiro atoms. The van der Waals surface area contributed by atoms with Gasteiger partial charge in [-0.2, -0.15) is 4.31 Å². The summed E-state index contributed by atoms with van der Waals surface area (Å²) in [7, 11) is -3.68. The molecule has 0 aromatic heterocycles. The van der Waals surface area contributed by atoms with Gasteiger partial charge in [0, 0.05) is 18.1 Å². The van der Waals surface area contributed by atoms with Gasteiger partial charge in [0.2, 0.25) is 10.0 Å². The van der Waals surface area contributed by atoms with E-state index < -0.39 is 16.1 Å². The van der Waals surface area contributed by atoms with Gasteiger partial charge in [-0.05, 0) is 31.0 Å². The van der Waals surface area contributed by atoms with Gasteiger partial charge in [0.1, 0.15) is 4.90 Å². The van der Waals surface area contributed by atoms with Crippen LogP contribution >= 0.6 is 11.6 Å². The molecule has 1 aromatic carbocycles. The molecule has 2 rings (SSSR count). The molecule has 1 aromatic rings. The number of aliphatic hydroxyl groups excluding tert-OH is 1. The number of hydrogen-bond donors (Lipinski definition) is 2. The number of hydrogen-bond acceptors (Lipinski definition) is 4. The normalized spacial score (nSPS) is 22.0. The number of β-amino-alcohol motifs (C(OH)–C–C–N with tert-alkyl or cyclic N) is 1. The van der Waals surface area contributed by atoms with E-state index in [0.29, 0.717) is 24.4 Å². The predicted molar refractivity (Wildman–Crippen MR) is 69.9 cm³/mol. The van der Waals surface area contributed by atoms with E-state index in [1.165, 1.54) is 16.4 Å². The number of nitrogens with two attached hydrogens (primary N) is 1. The molecule has 0 bridgehead atoms. The lowest BCUT2D eigenvalue weighted by molar-refractivity contribution is 0.108. The minimum absolute atomic E-state index is 0.00380. The monoisotopic (exact) mass is 290 g/mol. The third-order valence-electron chi connectivity index (χ3n) is 2.95. The van der Waals surface area contributed by atoms with Crippen molar-refractivity contribution in [2.75, 3.05) is 18.8 Å². The third kappa shape index (κ3) is 2.61. The molecule has 1 saturated heterocycles. The summed E-state index contributed by atoms with van der Waals surface area (Å²) in [6, 6.07) is 4.35. The number of benzene rings is 1. The molecule has 0 saturated carbocycles. The van der Waals surface area contributed by atoms with Crippen molar-refractivity contribution in [3.05, 3.63) is 23.2 Å². The minimum atomic E-state index is -3.68. The van der Waals surface area contributed by atoms with E-state index in [4.69, 9.17) is 17.3 Å². The highest BCUT2D eigenvalue weighted by atomic mass is 35.5. The number of anilines is 1. The van der Waals surface area contributed by atoms with Gasteiger partial charge in [-0.15, -0.1) is 0 Å². The van der Waals surface area contributed by atoms with Gasteiger partial charge in [0.25, 0.3) is 0 Å². The Balaban J connectivity index is 2.38. The standard InChI is InChI=1S/C11H15ClN2O3S/c12-8-3-4-10(13)11(6-8)18(16,17)14-5-1-2-9(15)7-14/h3-4,6,9,15H,1-2,5,7,13H2. The van der Waals surface area contributed by atoms with Crippen LogP contribution in [0, 0.1) is 0 Å². The van der Waals surface area contributed by atoms with Crippen molar-refractivity contribution in [2.24, 2.45) is 0 Å². The van der Waals surface area contributed by atoms with E-state index in [1.807, 2.05) is 0 Å². The highest BCUT2D eigenvalue weighted by Crippen LogP contribution is 2.27. The summed E-state index contributed by atoms with van der Waals surface area (Å²) in [5.74, 6) is 0. The highest BCUT2D eigenvalue weighted by molar-refractivity contribution is 7.89. The fourth-order valence-electron chi connectivity index (χ4n) is 2.01. The number of halogens is 1. The van der Waals surface area contributed by atoms with Crippen molar-refractivity contribution in [2.45, 2.75) is 23.8 Å². The maximum Gasteiger partial charge on any atom is 0.245 e. The van der Waals surface area contributed by atoms with Gasteiger partial charge in [-0.3, -0.25) is 0 Å². The van der Waals surface area contributed by atoms with E-state index >= 15 is 0 Å². The molecule has 1 fully saturated rings. The Morgan fingerprint density at radius 2 is 2.17 bits per heavy atom. The van der Waals surface area contributed by atoms with Crippen molar-refractivity contribution in [1.29, 1.82) is 0 Å². The van der Waals surface area contributed by atoms with Crippen LogP contribution in [0.5, 0.6) is 0 Å². The molecule has 0 amide bonds. The van der Waals surface area contributed by atoms with Crippen molar-refractivity contribution in [1.82, 2.24) is 4.31 Å². The Hall–Kier alpha value is -0.820. The molecular formula is C11H15ClN2O3S. The summed E-state index contributed by atoms with van der Waals surface area (Å²) in [5, 5.41) is 9.87. The number of nitrogens with zero attached hydrogens (tertiary/aromatic N) is 1. The topological polar surface area (TPSA) is 83.6 Å². The van der Waals surface area contributed by atoms with Crippen LogP contribution in [0.1, 0.15) is 12.8 Å². The highest BCUT2D eigenvalue weighted by Gasteiger charge is 2.30. The Bertz CT molecular complexity index is 547. The Morgan fingerprint density at radius 1 is 1.44 bits per heavy atom. The zero-order valence-corrected chi connectivity index (χ0v) is 11.3. The lowest BCUT2D eigenvalue weighted by Crippen LogP contribution is -2.42. The number of rotatable bonds is 2. The number of sulfonamides is 1. The van der Waals surface area contributed by atoms with Crippen LogP contribution in [0.2, 0.25) is 5.02 Å². The van der Waals surface area contributed by atoms with E-state index in [1.54, 1.807) is 6.07 Å². The van der Waals surface area contributed by atoms with E-state index in [2.05, 4.69) is 0 Å². The number of nitrogen functional groups attached to an aromatic ring is 1. The summed E-state index contributed by atoms with van der Waals surface area (Å²) in [4.78, 5) is 0.00380. The van der Waals surface area contributed by atoms with E-state index in [9.17, 15) is 13.5 Å². The molecule has 1 aliphatic rings. The van der Waals surface area contributed by atoms with Gasteiger partial charge in [-0.1, -0.05) is 11.6 Å². The Morgan fingerprint density at radius 3 is 2.83 bits per heavy atom. The number of aliphatic hydroxyl groups is 1. The molecule has 1 atom stereocenters. The largest absolute Gasteiger partial charge is 0.398 e. The number of piperidine rings is 1. The first-order valence-electron chi connectivity index (χ1n) is 5.64. The SMILES string of the molecule is Nc1ccc(Cl)cc1S(=O)(=O)N1CCCC(O)C1. The smallest absolute Gasteiger partial charge is 0.245 e. The van der Waals surface area contributed by atoms with Crippen molar-refractivity contribution in [3.63, 3.8) is 0 Å². The Kier molecular flexibility index (Phi) is 3.82. The van der Waals surface area contributed by atoms with E-state index in [0.717, 1.165) is 0 Å². The molecule has 1 unspecified atom stereocenters. The van der Waals surface area contributed by atoms with Crippen molar-refractivity contribution >= 4 is 27.3 Å². The molecule has 1 heterocycles. The van der Waals surface area contributed by atoms with Gasteiger partial charge in [0.05, 0.1) is 11.8 Å². The zero-order valence-electron chi connectivity index (χ0n) is 9.71. The summed E-state index contributed by atoms with van der Waals surface area (Å²) < 4.78 is 26.0. The zero-order chi connectivity index (χ0) is 13.3. The molecule has 1 aliphatic heterocycles. The van der Waals surface area contributed by atoms with Crippen LogP contribution in [0.15, 0.2) is 23.1 Å². The van der Waals surface area contributed by atoms with Crippen LogP contribution in [0.3, 0.4) is 0 Å². The van der Waals surface area contributed by atoms with Crippen LogP contribution in [0.4, 0.5) is 5.69 Å². The fourth-order valence-corrected chi connectivity index (χ4v) is 3.90. The first-order chi connectivity index (χ1) is 8.41. The lowest BCUT2D eigenvalue weighted by atomic mass is 10.1. The molecule has 7 heteroatoms. The predicted octanol–water partition coefficient (Wildman–Crippen LogP) is 1.07. The van der Waals surface area contributed by atoms with E-state index in [-0.39, 0.29) is 17.1 Å². The van der Waals surface area contributed by atoms with Crippen LogP contribution in [-0.2, 0) is 10.0 Å². The lowest BCUT2D eigenvalue weighted by Gasteiger charge is -2.29. The molecule has 100 valence electrons. The van der Waals surface area contributed by atoms with Crippen molar-refractivity contribution < 1.29 is 13.5 Å². The molecule has 18 heavy (non-hydrogen) atoms. The second kappa shape index (κ2) is 5.05. The molecule has 5 nitrogen and oxygen atoms in total.